The van der Waals surface area contributed by atoms with Gasteiger partial charge in [0.1, 0.15) is 29.8 Å². The topological polar surface area (TPSA) is 115 Å². The maximum absolute atomic E-state index is 12.6. The summed E-state index contributed by atoms with van der Waals surface area (Å²) in [5.74, 6) is 0.154. The van der Waals surface area contributed by atoms with E-state index < -0.39 is 24.2 Å². The van der Waals surface area contributed by atoms with Crippen LogP contribution >= 0.6 is 0 Å². The standard InChI is InChI=1S/C26H30N2O7/c1-16(14-29)27-25(30)34-23-17(2)28-18(3)24(35-26(31)32-4)22(23)20-12-8-9-13-21(20)33-15-19-10-6-5-7-11-19/h5-13,16,22,28-29H,14-15H2,1-4H3,(H,27,30)/t16-,22?/m0/s1. The monoisotopic (exact) mass is 482 g/mol. The smallest absolute Gasteiger partial charge is 0.489 e. The molecule has 0 radical (unpaired) electrons. The summed E-state index contributed by atoms with van der Waals surface area (Å²) in [7, 11) is 1.21. The molecule has 1 aliphatic rings. The summed E-state index contributed by atoms with van der Waals surface area (Å²) in [5.41, 5.74) is 2.70. The van der Waals surface area contributed by atoms with Crippen molar-refractivity contribution in [2.24, 2.45) is 0 Å². The number of carbonyl (C=O) groups excluding carboxylic acids is 2. The number of hydrogen-bond acceptors (Lipinski definition) is 8. The van der Waals surface area contributed by atoms with E-state index in [9.17, 15) is 14.7 Å². The Bertz CT molecular complexity index is 1110. The Morgan fingerprint density at radius 3 is 2.29 bits per heavy atom. The highest BCUT2D eigenvalue weighted by Gasteiger charge is 2.37. The van der Waals surface area contributed by atoms with Gasteiger partial charge in [-0.15, -0.1) is 0 Å². The molecule has 0 saturated heterocycles. The summed E-state index contributed by atoms with van der Waals surface area (Å²) >= 11 is 0. The lowest BCUT2D eigenvalue weighted by Crippen LogP contribution is -2.37. The number of alkyl carbamates (subject to hydrolysis) is 1. The number of carbonyl (C=O) groups is 2. The van der Waals surface area contributed by atoms with E-state index in [1.54, 1.807) is 26.8 Å². The largest absolute Gasteiger partial charge is 0.513 e. The number of aliphatic hydroxyl groups is 1. The molecule has 0 spiro atoms. The Hall–Kier alpha value is -3.98. The van der Waals surface area contributed by atoms with Gasteiger partial charge in [0.15, 0.2) is 0 Å². The summed E-state index contributed by atoms with van der Waals surface area (Å²) in [6, 6.07) is 16.4. The lowest BCUT2D eigenvalue weighted by molar-refractivity contribution is 0.0884. The molecule has 0 fully saturated rings. The number of para-hydroxylation sites is 1. The number of aliphatic hydroxyl groups excluding tert-OH is 1. The normalized spacial score (nSPS) is 16.2. The van der Waals surface area contributed by atoms with E-state index in [4.69, 9.17) is 18.9 Å². The lowest BCUT2D eigenvalue weighted by Gasteiger charge is -2.31. The summed E-state index contributed by atoms with van der Waals surface area (Å²) in [6.45, 7) is 5.19. The minimum absolute atomic E-state index is 0.205. The summed E-state index contributed by atoms with van der Waals surface area (Å²) in [6.07, 6.45) is -1.67. The summed E-state index contributed by atoms with van der Waals surface area (Å²) < 4.78 is 22.1. The molecule has 0 aromatic heterocycles. The van der Waals surface area contributed by atoms with E-state index in [0.29, 0.717) is 29.3 Å². The van der Waals surface area contributed by atoms with Crippen LogP contribution in [0, 0.1) is 0 Å². The number of nitrogens with one attached hydrogen (secondary N) is 2. The molecule has 0 saturated carbocycles. The van der Waals surface area contributed by atoms with E-state index in [-0.39, 0.29) is 18.1 Å². The van der Waals surface area contributed by atoms with Crippen LogP contribution in [0.2, 0.25) is 0 Å². The zero-order valence-electron chi connectivity index (χ0n) is 20.2. The first-order valence-electron chi connectivity index (χ1n) is 11.1. The molecular weight excluding hydrogens is 452 g/mol. The van der Waals surface area contributed by atoms with Crippen molar-refractivity contribution in [1.82, 2.24) is 10.6 Å². The van der Waals surface area contributed by atoms with Crippen molar-refractivity contribution < 1.29 is 33.6 Å². The SMILES string of the molecule is COC(=O)OC1=C(C)NC(C)=C(OC(=O)N[C@@H](C)CO)C1c1ccccc1OCc1ccccc1. The van der Waals surface area contributed by atoms with Crippen molar-refractivity contribution in [3.8, 4) is 5.75 Å². The van der Waals surface area contributed by atoms with Gasteiger partial charge in [-0.1, -0.05) is 48.5 Å². The second-order valence-electron chi connectivity index (χ2n) is 8.02. The first kappa shape index (κ1) is 25.6. The Morgan fingerprint density at radius 2 is 1.63 bits per heavy atom. The molecule has 2 aromatic rings. The predicted molar refractivity (Wildman–Crippen MR) is 128 cm³/mol. The average molecular weight is 483 g/mol. The van der Waals surface area contributed by atoms with Crippen LogP contribution < -0.4 is 15.4 Å². The van der Waals surface area contributed by atoms with Crippen molar-refractivity contribution in [3.05, 3.63) is 88.6 Å². The minimum Gasteiger partial charge on any atom is -0.489 e. The molecule has 2 aromatic carbocycles. The number of methoxy groups -OCH3 is 1. The van der Waals surface area contributed by atoms with Gasteiger partial charge in [-0.2, -0.15) is 0 Å². The third kappa shape index (κ3) is 6.54. The van der Waals surface area contributed by atoms with E-state index in [0.717, 1.165) is 5.56 Å². The van der Waals surface area contributed by atoms with Crippen LogP contribution in [-0.4, -0.2) is 37.1 Å². The Morgan fingerprint density at radius 1 is 1.00 bits per heavy atom. The van der Waals surface area contributed by atoms with Gasteiger partial charge >= 0.3 is 12.2 Å². The molecule has 2 atom stereocenters. The van der Waals surface area contributed by atoms with E-state index in [1.165, 1.54) is 7.11 Å². The van der Waals surface area contributed by atoms with Crippen molar-refractivity contribution in [3.63, 3.8) is 0 Å². The van der Waals surface area contributed by atoms with Gasteiger partial charge in [0.05, 0.1) is 31.2 Å². The molecule has 9 heteroatoms. The molecule has 9 nitrogen and oxygen atoms in total. The molecule has 0 bridgehead atoms. The van der Waals surface area contributed by atoms with Gasteiger partial charge in [-0.3, -0.25) is 0 Å². The number of benzene rings is 2. The van der Waals surface area contributed by atoms with Crippen molar-refractivity contribution >= 4 is 12.2 Å². The van der Waals surface area contributed by atoms with E-state index in [2.05, 4.69) is 10.6 Å². The zero-order valence-corrected chi connectivity index (χ0v) is 20.2. The highest BCUT2D eigenvalue weighted by Crippen LogP contribution is 2.43. The van der Waals surface area contributed by atoms with Crippen LogP contribution in [-0.2, 0) is 20.8 Å². The fourth-order valence-electron chi connectivity index (χ4n) is 3.60. The lowest BCUT2D eigenvalue weighted by atomic mass is 9.90. The van der Waals surface area contributed by atoms with Crippen LogP contribution in [0.5, 0.6) is 5.75 Å². The minimum atomic E-state index is -0.911. The Labute approximate surface area is 204 Å². The summed E-state index contributed by atoms with van der Waals surface area (Å²) in [5, 5.41) is 14.9. The fourth-order valence-corrected chi connectivity index (χ4v) is 3.60. The molecule has 1 unspecified atom stereocenters. The maximum atomic E-state index is 12.6. The molecule has 0 aliphatic carbocycles. The van der Waals surface area contributed by atoms with E-state index in [1.807, 2.05) is 48.5 Å². The quantitative estimate of drug-likeness (QED) is 0.477. The van der Waals surface area contributed by atoms with Gasteiger partial charge in [0.2, 0.25) is 0 Å². The molecule has 1 aliphatic heterocycles. The molecule has 35 heavy (non-hydrogen) atoms. The molecule has 186 valence electrons. The second kappa shape index (κ2) is 11.9. The molecule has 3 rings (SSSR count). The zero-order chi connectivity index (χ0) is 25.4. The van der Waals surface area contributed by atoms with Gasteiger partial charge in [0.25, 0.3) is 0 Å². The van der Waals surface area contributed by atoms with Crippen LogP contribution in [0.4, 0.5) is 9.59 Å². The van der Waals surface area contributed by atoms with Gasteiger partial charge in [-0.25, -0.2) is 9.59 Å². The third-order valence-electron chi connectivity index (χ3n) is 5.31. The Balaban J connectivity index is 2.02. The highest BCUT2D eigenvalue weighted by atomic mass is 16.7. The number of amides is 1. The molecule has 3 N–H and O–H groups in total. The number of hydrogen-bond donors (Lipinski definition) is 3. The first-order chi connectivity index (χ1) is 16.8. The number of rotatable bonds is 8. The van der Waals surface area contributed by atoms with Crippen molar-refractivity contribution in [2.45, 2.75) is 39.3 Å². The number of allylic oxidation sites excluding steroid dienone is 2. The van der Waals surface area contributed by atoms with Crippen LogP contribution in [0.3, 0.4) is 0 Å². The first-order valence-corrected chi connectivity index (χ1v) is 11.1. The van der Waals surface area contributed by atoms with Gasteiger partial charge < -0.3 is 34.7 Å². The fraction of sp³-hybridized carbons (Fsp3) is 0.308. The third-order valence-corrected chi connectivity index (χ3v) is 5.31. The second-order valence-corrected chi connectivity index (χ2v) is 8.02. The molecule has 1 amide bonds. The average Bonchev–Trinajstić information content (AvgIpc) is 2.86. The molecule has 1 heterocycles. The molecular formula is C26H30N2O7. The van der Waals surface area contributed by atoms with E-state index >= 15 is 0 Å². The number of dihydropyridines is 1. The highest BCUT2D eigenvalue weighted by molar-refractivity contribution is 5.70. The van der Waals surface area contributed by atoms with Crippen molar-refractivity contribution in [1.29, 1.82) is 0 Å². The van der Waals surface area contributed by atoms with Crippen LogP contribution in [0.15, 0.2) is 77.5 Å². The van der Waals surface area contributed by atoms with Crippen LogP contribution in [0.25, 0.3) is 0 Å². The summed E-state index contributed by atoms with van der Waals surface area (Å²) in [4.78, 5) is 24.7. The predicted octanol–water partition coefficient (Wildman–Crippen LogP) is 4.31. The van der Waals surface area contributed by atoms with Crippen molar-refractivity contribution in [2.75, 3.05) is 13.7 Å². The Kier molecular flexibility index (Phi) is 8.74. The van der Waals surface area contributed by atoms with Crippen LogP contribution in [0.1, 0.15) is 37.8 Å². The maximum Gasteiger partial charge on any atom is 0.513 e. The number of ether oxygens (including phenoxy) is 4. The van der Waals surface area contributed by atoms with Gasteiger partial charge in [-0.05, 0) is 32.4 Å². The van der Waals surface area contributed by atoms with Gasteiger partial charge in [0, 0.05) is 5.56 Å².